The summed E-state index contributed by atoms with van der Waals surface area (Å²) in [5.74, 6) is -4.24. The van der Waals surface area contributed by atoms with E-state index in [4.69, 9.17) is 11.5 Å². The summed E-state index contributed by atoms with van der Waals surface area (Å²) < 4.78 is 9.07. The molecule has 0 aliphatic rings. The Morgan fingerprint density at radius 1 is 0.514 bits per heavy atom. The molecule has 0 fully saturated rings. The molecule has 37 heavy (non-hydrogen) atoms. The molecule has 0 radical (unpaired) electrons. The predicted octanol–water partition coefficient (Wildman–Crippen LogP) is -2.09. The van der Waals surface area contributed by atoms with Crippen LogP contribution in [0.3, 0.4) is 0 Å². The number of Topliss-reactive ketones (excluding diaryl/α,β-unsaturated/α-hetero) is 4. The van der Waals surface area contributed by atoms with Gasteiger partial charge in [0.2, 0.25) is 11.8 Å². The molecule has 0 aliphatic carbocycles. The number of rotatable bonds is 20. The number of hydrogen-bond donors (Lipinski definition) is 2. The van der Waals surface area contributed by atoms with Gasteiger partial charge in [-0.1, -0.05) is 0 Å². The van der Waals surface area contributed by atoms with Crippen LogP contribution in [0.4, 0.5) is 0 Å². The van der Waals surface area contributed by atoms with E-state index in [1.165, 1.54) is 0 Å². The molecule has 0 spiro atoms. The number of nitrogens with zero attached hydrogens (tertiary/aromatic N) is 2. The summed E-state index contributed by atoms with van der Waals surface area (Å²) in [7, 11) is 2.25. The van der Waals surface area contributed by atoms with Crippen LogP contribution in [0.15, 0.2) is 0 Å². The zero-order chi connectivity index (χ0) is 28.4. The minimum absolute atomic E-state index is 0.0928. The zero-order valence-corrected chi connectivity index (χ0v) is 21.3. The second kappa shape index (κ2) is 18.7. The van der Waals surface area contributed by atoms with Crippen LogP contribution in [0.2, 0.25) is 0 Å². The summed E-state index contributed by atoms with van der Waals surface area (Å²) in [5.41, 5.74) is 10.4. The van der Waals surface area contributed by atoms with Crippen LogP contribution in [0.25, 0.3) is 0 Å². The van der Waals surface area contributed by atoms with Gasteiger partial charge in [0.05, 0.1) is 40.4 Å². The Balaban J connectivity index is 4.88. The molecule has 0 saturated heterocycles. The summed E-state index contributed by atoms with van der Waals surface area (Å²) in [5, 5.41) is 0. The Kier molecular flexibility index (Phi) is 16.9. The van der Waals surface area contributed by atoms with Crippen molar-refractivity contribution in [3.63, 3.8) is 0 Å². The first-order chi connectivity index (χ1) is 17.5. The molecule has 2 amide bonds. The lowest BCUT2D eigenvalue weighted by Crippen LogP contribution is -2.40. The molecule has 14 nitrogen and oxygen atoms in total. The van der Waals surface area contributed by atoms with Crippen LogP contribution in [0, 0.1) is 0 Å². The van der Waals surface area contributed by atoms with E-state index in [2.05, 4.69) is 9.47 Å². The van der Waals surface area contributed by atoms with Crippen molar-refractivity contribution in [2.45, 2.75) is 44.9 Å². The third-order valence-corrected chi connectivity index (χ3v) is 5.14. The minimum atomic E-state index is -0.745. The van der Waals surface area contributed by atoms with Crippen molar-refractivity contribution >= 4 is 46.9 Å². The van der Waals surface area contributed by atoms with Gasteiger partial charge in [0, 0.05) is 38.5 Å². The van der Waals surface area contributed by atoms with Gasteiger partial charge in [0.15, 0.2) is 11.6 Å². The normalized spacial score (nSPS) is 10.3. The van der Waals surface area contributed by atoms with Crippen LogP contribution in [0.5, 0.6) is 0 Å². The molecule has 0 atom stereocenters. The van der Waals surface area contributed by atoms with Crippen LogP contribution in [-0.2, 0) is 47.8 Å². The van der Waals surface area contributed by atoms with Gasteiger partial charge in [-0.3, -0.25) is 38.4 Å². The Morgan fingerprint density at radius 2 is 0.865 bits per heavy atom. The summed E-state index contributed by atoms with van der Waals surface area (Å²) in [6, 6.07) is 0. The van der Waals surface area contributed by atoms with Crippen molar-refractivity contribution in [2.75, 3.05) is 53.5 Å². The molecule has 208 valence electrons. The van der Waals surface area contributed by atoms with E-state index in [1.54, 1.807) is 0 Å². The highest BCUT2D eigenvalue weighted by atomic mass is 16.5. The third-order valence-electron chi connectivity index (χ3n) is 5.14. The van der Waals surface area contributed by atoms with E-state index in [9.17, 15) is 38.4 Å². The van der Waals surface area contributed by atoms with Crippen LogP contribution >= 0.6 is 0 Å². The van der Waals surface area contributed by atoms with Gasteiger partial charge < -0.3 is 30.7 Å². The number of hydrogen-bond acceptors (Lipinski definition) is 12. The maximum atomic E-state index is 12.4. The van der Waals surface area contributed by atoms with Gasteiger partial charge in [-0.25, -0.2) is 0 Å². The van der Waals surface area contributed by atoms with Gasteiger partial charge in [-0.2, -0.15) is 0 Å². The zero-order valence-electron chi connectivity index (χ0n) is 21.3. The number of ketones is 4. The fraction of sp³-hybridized carbons (Fsp3) is 0.652. The number of methoxy groups -OCH3 is 2. The first-order valence-electron chi connectivity index (χ1n) is 11.6. The van der Waals surface area contributed by atoms with Crippen molar-refractivity contribution < 1.29 is 47.8 Å². The first kappa shape index (κ1) is 33.5. The SMILES string of the molecule is COC(=O)CN(CC(=O)CCCC(=O)CN(CC(=O)OC)C(=O)CCC(=O)CN)C(=O)CCC(=O)CN. The maximum Gasteiger partial charge on any atom is 0.325 e. The number of carbonyl (C=O) groups is 8. The largest absolute Gasteiger partial charge is 0.468 e. The molecule has 0 rings (SSSR count). The minimum Gasteiger partial charge on any atom is -0.468 e. The first-order valence-corrected chi connectivity index (χ1v) is 11.6. The topological polar surface area (TPSA) is 214 Å². The highest BCUT2D eigenvalue weighted by molar-refractivity contribution is 5.92. The number of nitrogens with two attached hydrogens (primary N) is 2. The number of amides is 2. The fourth-order valence-electron chi connectivity index (χ4n) is 2.98. The van der Waals surface area contributed by atoms with E-state index in [0.29, 0.717) is 0 Å². The van der Waals surface area contributed by atoms with E-state index >= 15 is 0 Å². The maximum absolute atomic E-state index is 12.4. The van der Waals surface area contributed by atoms with Gasteiger partial charge in [-0.15, -0.1) is 0 Å². The fourth-order valence-corrected chi connectivity index (χ4v) is 2.98. The molecule has 0 heterocycles. The van der Waals surface area contributed by atoms with Gasteiger partial charge in [0.1, 0.15) is 24.7 Å². The van der Waals surface area contributed by atoms with E-state index in [-0.39, 0.29) is 69.6 Å². The Hall–Kier alpha value is -3.52. The lowest BCUT2D eigenvalue weighted by Gasteiger charge is -2.21. The average Bonchev–Trinajstić information content (AvgIpc) is 2.88. The smallest absolute Gasteiger partial charge is 0.325 e. The van der Waals surface area contributed by atoms with Crippen LogP contribution in [0.1, 0.15) is 44.9 Å². The number of ether oxygens (including phenoxy) is 2. The Bertz CT molecular complexity index is 790. The highest BCUT2D eigenvalue weighted by Crippen LogP contribution is 2.06. The molecule has 4 N–H and O–H groups in total. The molecule has 0 saturated carbocycles. The van der Waals surface area contributed by atoms with E-state index < -0.39 is 61.5 Å². The average molecular weight is 529 g/mol. The quantitative estimate of drug-likeness (QED) is 0.163. The standard InChI is InChI=1S/C23H36N4O10/c1-36-22(34)14-26(20(32)8-6-16(28)10-24)12-18(30)4-3-5-19(31)13-27(15-23(35)37-2)21(33)9-7-17(29)11-25/h3-15,24-25H2,1-2H3. The molecule has 0 aromatic rings. The second-order valence-corrected chi connectivity index (χ2v) is 8.07. The van der Waals surface area contributed by atoms with Crippen molar-refractivity contribution in [3.05, 3.63) is 0 Å². The Morgan fingerprint density at radius 3 is 1.16 bits per heavy atom. The number of esters is 2. The van der Waals surface area contributed by atoms with Crippen molar-refractivity contribution in [3.8, 4) is 0 Å². The highest BCUT2D eigenvalue weighted by Gasteiger charge is 2.23. The summed E-state index contributed by atoms with van der Waals surface area (Å²) in [6.45, 7) is -2.25. The molecular weight excluding hydrogens is 492 g/mol. The molecule has 14 heteroatoms. The summed E-state index contributed by atoms with van der Waals surface area (Å²) >= 11 is 0. The van der Waals surface area contributed by atoms with Gasteiger partial charge in [0.25, 0.3) is 0 Å². The molecule has 0 bridgehead atoms. The predicted molar refractivity (Wildman–Crippen MR) is 128 cm³/mol. The monoisotopic (exact) mass is 528 g/mol. The van der Waals surface area contributed by atoms with Gasteiger partial charge >= 0.3 is 11.9 Å². The molecule has 0 aromatic carbocycles. The second-order valence-electron chi connectivity index (χ2n) is 8.07. The lowest BCUT2D eigenvalue weighted by molar-refractivity contribution is -0.148. The lowest BCUT2D eigenvalue weighted by atomic mass is 10.1. The molecular formula is C23H36N4O10. The van der Waals surface area contributed by atoms with E-state index in [0.717, 1.165) is 24.0 Å². The van der Waals surface area contributed by atoms with Crippen molar-refractivity contribution in [1.82, 2.24) is 9.80 Å². The van der Waals surface area contributed by atoms with Crippen LogP contribution in [-0.4, -0.2) is 110 Å². The molecule has 0 aliphatic heterocycles. The third kappa shape index (κ3) is 15.3. The van der Waals surface area contributed by atoms with Crippen molar-refractivity contribution in [2.24, 2.45) is 11.5 Å². The van der Waals surface area contributed by atoms with E-state index in [1.807, 2.05) is 0 Å². The van der Waals surface area contributed by atoms with Crippen molar-refractivity contribution in [1.29, 1.82) is 0 Å². The molecule has 0 aromatic heterocycles. The molecule has 0 unspecified atom stereocenters. The number of carbonyl (C=O) groups excluding carboxylic acids is 8. The van der Waals surface area contributed by atoms with Crippen LogP contribution < -0.4 is 11.5 Å². The summed E-state index contributed by atoms with van der Waals surface area (Å²) in [6.07, 6.45) is -0.814. The van der Waals surface area contributed by atoms with Gasteiger partial charge in [-0.05, 0) is 6.42 Å². The Labute approximate surface area is 214 Å². The summed E-state index contributed by atoms with van der Waals surface area (Å²) in [4.78, 5) is 97.4.